The van der Waals surface area contributed by atoms with E-state index in [1.807, 2.05) is 31.3 Å². The van der Waals surface area contributed by atoms with Crippen LogP contribution >= 0.6 is 0 Å². The molecular formula is C14H18N2O3. The summed E-state index contributed by atoms with van der Waals surface area (Å²) in [6, 6.07) is 7.43. The first-order valence-corrected chi connectivity index (χ1v) is 6.34. The van der Waals surface area contributed by atoms with Gasteiger partial charge >= 0.3 is 5.97 Å². The molecule has 1 aliphatic rings. The van der Waals surface area contributed by atoms with Crippen LogP contribution in [0.15, 0.2) is 24.3 Å². The van der Waals surface area contributed by atoms with Crippen LogP contribution in [0.3, 0.4) is 0 Å². The van der Waals surface area contributed by atoms with E-state index >= 15 is 0 Å². The molecule has 1 unspecified atom stereocenters. The van der Waals surface area contributed by atoms with Crippen molar-refractivity contribution in [1.82, 2.24) is 5.01 Å². The molecule has 0 bridgehead atoms. The number of nitrogens with zero attached hydrogens (tertiary/aromatic N) is 2. The molecule has 0 aromatic heterocycles. The quantitative estimate of drug-likeness (QED) is 0.781. The molecule has 1 atom stereocenters. The number of rotatable bonds is 3. The molecule has 1 aromatic rings. The van der Waals surface area contributed by atoms with E-state index in [9.17, 15) is 9.59 Å². The maximum atomic E-state index is 11.8. The minimum absolute atomic E-state index is 0.0898. The lowest BCUT2D eigenvalue weighted by molar-refractivity contribution is -0.145. The molecule has 1 amide bonds. The lowest BCUT2D eigenvalue weighted by Gasteiger charge is -2.29. The highest BCUT2D eigenvalue weighted by molar-refractivity contribution is 5.81. The maximum absolute atomic E-state index is 11.8. The van der Waals surface area contributed by atoms with Gasteiger partial charge in [0.15, 0.2) is 0 Å². The van der Waals surface area contributed by atoms with Crippen molar-refractivity contribution < 1.29 is 14.3 Å². The summed E-state index contributed by atoms with van der Waals surface area (Å²) in [7, 11) is 1.82. The van der Waals surface area contributed by atoms with Gasteiger partial charge in [0.25, 0.3) is 0 Å². The Kier molecular flexibility index (Phi) is 3.74. The molecule has 102 valence electrons. The van der Waals surface area contributed by atoms with E-state index in [1.54, 1.807) is 16.9 Å². The van der Waals surface area contributed by atoms with E-state index in [2.05, 4.69) is 0 Å². The molecule has 0 aliphatic carbocycles. The number of anilines is 1. The molecule has 0 N–H and O–H groups in total. The van der Waals surface area contributed by atoms with Gasteiger partial charge in [0, 0.05) is 19.5 Å². The second-order valence-corrected chi connectivity index (χ2v) is 4.47. The average molecular weight is 262 g/mol. The van der Waals surface area contributed by atoms with Crippen LogP contribution in [0.4, 0.5) is 5.69 Å². The molecule has 1 aliphatic heterocycles. The van der Waals surface area contributed by atoms with Crippen LogP contribution in [-0.4, -0.2) is 30.5 Å². The molecule has 19 heavy (non-hydrogen) atoms. The van der Waals surface area contributed by atoms with E-state index < -0.39 is 0 Å². The maximum Gasteiger partial charge on any atom is 0.308 e. The van der Waals surface area contributed by atoms with Gasteiger partial charge in [-0.3, -0.25) is 14.6 Å². The molecular weight excluding hydrogens is 244 g/mol. The number of fused-ring (bicyclic) bond motifs is 1. The van der Waals surface area contributed by atoms with Gasteiger partial charge in [0.05, 0.1) is 24.8 Å². The van der Waals surface area contributed by atoms with E-state index in [0.717, 1.165) is 11.3 Å². The zero-order valence-electron chi connectivity index (χ0n) is 11.4. The highest BCUT2D eigenvalue weighted by Crippen LogP contribution is 2.40. The highest BCUT2D eigenvalue weighted by Gasteiger charge is 2.37. The summed E-state index contributed by atoms with van der Waals surface area (Å²) in [5, 5.41) is 3.39. The number of hydrogen-bond donors (Lipinski definition) is 0. The predicted molar refractivity (Wildman–Crippen MR) is 71.4 cm³/mol. The van der Waals surface area contributed by atoms with E-state index in [1.165, 1.54) is 6.92 Å². The fourth-order valence-corrected chi connectivity index (χ4v) is 2.53. The van der Waals surface area contributed by atoms with Crippen LogP contribution in [0, 0.1) is 0 Å². The number of carbonyl (C=O) groups is 2. The number of carbonyl (C=O) groups excluding carboxylic acids is 2. The topological polar surface area (TPSA) is 49.9 Å². The second kappa shape index (κ2) is 5.30. The van der Waals surface area contributed by atoms with Crippen molar-refractivity contribution in [3.8, 4) is 0 Å². The van der Waals surface area contributed by atoms with E-state index in [0.29, 0.717) is 6.61 Å². The molecule has 0 spiro atoms. The third kappa shape index (κ3) is 2.41. The van der Waals surface area contributed by atoms with Crippen LogP contribution in [0.1, 0.15) is 31.9 Å². The van der Waals surface area contributed by atoms with Gasteiger partial charge in [-0.2, -0.15) is 0 Å². The number of hydrogen-bond acceptors (Lipinski definition) is 4. The Morgan fingerprint density at radius 3 is 2.63 bits per heavy atom. The standard InChI is InChI=1S/C14H18N2O3/c1-4-19-14(18)9-13-11-7-5-6-8-12(11)15(3)16(13)10(2)17/h5-8,13H,4,9H2,1-3H3. The van der Waals surface area contributed by atoms with E-state index in [-0.39, 0.29) is 24.3 Å². The Morgan fingerprint density at radius 1 is 1.32 bits per heavy atom. The van der Waals surface area contributed by atoms with Gasteiger partial charge < -0.3 is 4.74 Å². The molecule has 0 saturated heterocycles. The molecule has 0 fully saturated rings. The number of benzene rings is 1. The largest absolute Gasteiger partial charge is 0.466 e. The third-order valence-electron chi connectivity index (χ3n) is 3.25. The van der Waals surface area contributed by atoms with Crippen LogP contribution < -0.4 is 5.01 Å². The van der Waals surface area contributed by atoms with Gasteiger partial charge in [0.1, 0.15) is 0 Å². The second-order valence-electron chi connectivity index (χ2n) is 4.47. The summed E-state index contributed by atoms with van der Waals surface area (Å²) in [6.45, 7) is 3.62. The number of para-hydroxylation sites is 1. The van der Waals surface area contributed by atoms with Crippen LogP contribution in [0.2, 0.25) is 0 Å². The molecule has 1 aromatic carbocycles. The van der Waals surface area contributed by atoms with Gasteiger partial charge in [-0.05, 0) is 13.0 Å². The third-order valence-corrected chi connectivity index (χ3v) is 3.25. The number of ether oxygens (including phenoxy) is 1. The molecule has 5 heteroatoms. The lowest BCUT2D eigenvalue weighted by atomic mass is 10.0. The van der Waals surface area contributed by atoms with Crippen molar-refractivity contribution in [3.05, 3.63) is 29.8 Å². The fourth-order valence-electron chi connectivity index (χ4n) is 2.53. The van der Waals surface area contributed by atoms with Gasteiger partial charge in [-0.25, -0.2) is 5.01 Å². The van der Waals surface area contributed by atoms with Gasteiger partial charge in [0.2, 0.25) is 5.91 Å². The summed E-state index contributed by atoms with van der Waals surface area (Å²) >= 11 is 0. The number of esters is 1. The van der Waals surface area contributed by atoms with Crippen LogP contribution in [0.25, 0.3) is 0 Å². The molecule has 2 rings (SSSR count). The SMILES string of the molecule is CCOC(=O)CC1c2ccccc2N(C)N1C(C)=O. The monoisotopic (exact) mass is 262 g/mol. The number of amides is 1. The van der Waals surface area contributed by atoms with Crippen molar-refractivity contribution in [3.63, 3.8) is 0 Å². The van der Waals surface area contributed by atoms with Gasteiger partial charge in [-0.1, -0.05) is 18.2 Å². The zero-order chi connectivity index (χ0) is 14.0. The lowest BCUT2D eigenvalue weighted by Crippen LogP contribution is -2.41. The summed E-state index contributed by atoms with van der Waals surface area (Å²) in [4.78, 5) is 23.5. The summed E-state index contributed by atoms with van der Waals surface area (Å²) in [5.41, 5.74) is 1.93. The Hall–Kier alpha value is -2.04. The Labute approximate surface area is 112 Å². The fraction of sp³-hybridized carbons (Fsp3) is 0.429. The average Bonchev–Trinajstić information content (AvgIpc) is 2.64. The Morgan fingerprint density at radius 2 is 2.00 bits per heavy atom. The first-order chi connectivity index (χ1) is 9.06. The van der Waals surface area contributed by atoms with Crippen molar-refractivity contribution in [2.45, 2.75) is 26.3 Å². The van der Waals surface area contributed by atoms with Crippen molar-refractivity contribution in [1.29, 1.82) is 0 Å². The minimum atomic E-state index is -0.288. The summed E-state index contributed by atoms with van der Waals surface area (Å²) in [6.07, 6.45) is 0.175. The molecule has 0 radical (unpaired) electrons. The minimum Gasteiger partial charge on any atom is -0.466 e. The Balaban J connectivity index is 2.32. The predicted octanol–water partition coefficient (Wildman–Crippen LogP) is 1.89. The first kappa shape index (κ1) is 13.4. The van der Waals surface area contributed by atoms with E-state index in [4.69, 9.17) is 4.74 Å². The molecule has 1 heterocycles. The molecule has 5 nitrogen and oxygen atoms in total. The van der Waals surface area contributed by atoms with Crippen molar-refractivity contribution >= 4 is 17.6 Å². The summed E-state index contributed by atoms with van der Waals surface area (Å²) in [5.74, 6) is -0.378. The van der Waals surface area contributed by atoms with Gasteiger partial charge in [-0.15, -0.1) is 0 Å². The molecule has 0 saturated carbocycles. The number of hydrazine groups is 1. The smallest absolute Gasteiger partial charge is 0.308 e. The van der Waals surface area contributed by atoms with Crippen molar-refractivity contribution in [2.75, 3.05) is 18.7 Å². The highest BCUT2D eigenvalue weighted by atomic mass is 16.5. The van der Waals surface area contributed by atoms with Crippen LogP contribution in [0.5, 0.6) is 0 Å². The van der Waals surface area contributed by atoms with Crippen molar-refractivity contribution in [2.24, 2.45) is 0 Å². The Bertz CT molecular complexity index is 501. The first-order valence-electron chi connectivity index (χ1n) is 6.34. The van der Waals surface area contributed by atoms with Crippen LogP contribution in [-0.2, 0) is 14.3 Å². The summed E-state index contributed by atoms with van der Waals surface area (Å²) < 4.78 is 4.99. The zero-order valence-corrected chi connectivity index (χ0v) is 11.4. The normalized spacial score (nSPS) is 17.3.